The molecule has 0 saturated heterocycles. The first-order chi connectivity index (χ1) is 20.2. The van der Waals surface area contributed by atoms with Gasteiger partial charge in [0.1, 0.15) is 28.6 Å². The molecular weight excluding hydrogens is 578 g/mol. The highest BCUT2D eigenvalue weighted by molar-refractivity contribution is 7.13. The second-order valence-electron chi connectivity index (χ2n) is 11.3. The number of rotatable bonds is 7. The quantitative estimate of drug-likeness (QED) is 0.130. The Labute approximate surface area is 250 Å². The zero-order chi connectivity index (χ0) is 31.5. The van der Waals surface area contributed by atoms with E-state index in [1.165, 1.54) is 16.2 Å². The molecule has 228 valence electrons. The fourth-order valence-electron chi connectivity index (χ4n) is 6.43. The summed E-state index contributed by atoms with van der Waals surface area (Å²) in [6, 6.07) is 0.460. The Balaban J connectivity index is 1.66. The average molecular weight is 612 g/mol. The number of aromatic hydroxyl groups is 1. The first kappa shape index (κ1) is 30.0. The zero-order valence-electron chi connectivity index (χ0n) is 24.0. The SMILES string of the molecule is CN(C)c1cc(N=C(N)CNc2nccs2)c(O)c2c1CC1CC3[C@H](N(C)C)C(=O)C(C(N)=O)=C(O)[C@@]3(O)C(=O)C1=C2O. The second-order valence-corrected chi connectivity index (χ2v) is 12.2. The summed E-state index contributed by atoms with van der Waals surface area (Å²) in [7, 11) is 6.64. The average Bonchev–Trinajstić information content (AvgIpc) is 3.44. The maximum atomic E-state index is 14.1. The van der Waals surface area contributed by atoms with Crippen molar-refractivity contribution in [2.75, 3.05) is 45.0 Å². The maximum Gasteiger partial charge on any atom is 0.255 e. The number of hydrogen-bond donors (Lipinski definition) is 7. The topological polar surface area (TPSA) is 228 Å². The van der Waals surface area contributed by atoms with E-state index >= 15 is 0 Å². The fraction of sp³-hybridized carbons (Fsp3) is 0.393. The summed E-state index contributed by atoms with van der Waals surface area (Å²) in [4.78, 5) is 51.2. The van der Waals surface area contributed by atoms with Crippen LogP contribution < -0.4 is 21.7 Å². The van der Waals surface area contributed by atoms with Crippen molar-refractivity contribution in [3.05, 3.63) is 45.7 Å². The number of anilines is 2. The van der Waals surface area contributed by atoms with Gasteiger partial charge in [0, 0.05) is 42.9 Å². The minimum atomic E-state index is -2.72. The van der Waals surface area contributed by atoms with Crippen molar-refractivity contribution in [3.63, 3.8) is 0 Å². The molecule has 3 aliphatic rings. The van der Waals surface area contributed by atoms with Crippen molar-refractivity contribution in [2.45, 2.75) is 24.5 Å². The number of amidine groups is 1. The highest BCUT2D eigenvalue weighted by atomic mass is 32.1. The number of amides is 1. The Bertz CT molecular complexity index is 1630. The zero-order valence-corrected chi connectivity index (χ0v) is 24.8. The highest BCUT2D eigenvalue weighted by Crippen LogP contribution is 2.54. The van der Waals surface area contributed by atoms with Crippen LogP contribution in [0.2, 0.25) is 0 Å². The summed E-state index contributed by atoms with van der Waals surface area (Å²) in [5, 5.41) is 51.2. The van der Waals surface area contributed by atoms with Crippen molar-refractivity contribution in [1.29, 1.82) is 0 Å². The lowest BCUT2D eigenvalue weighted by atomic mass is 9.57. The standard InChI is InChI=1S/C28H33N7O7S/c1-34(2)15-9-14(33-16(29)10-32-27-31-5-6-43-27)21(36)18-12(15)7-11-8-13-20(35(3)4)23(38)19(26(30)41)25(40)28(13,42)24(39)17(11)22(18)37/h5-6,9,11,13,20,36-37,40,42H,7-8,10H2,1-4H3,(H2,29,33)(H2,30,41)(H,31,32)/t11?,13?,20-,28-/m0/s1. The second kappa shape index (κ2) is 10.7. The number of primary amides is 1. The number of benzene rings is 1. The number of phenolic OH excluding ortho intramolecular Hbond substituents is 1. The van der Waals surface area contributed by atoms with Gasteiger partial charge in [-0.3, -0.25) is 19.3 Å². The number of fused-ring (bicyclic) bond motifs is 3. The first-order valence-corrected chi connectivity index (χ1v) is 14.2. The molecule has 1 aromatic carbocycles. The van der Waals surface area contributed by atoms with Crippen molar-refractivity contribution in [1.82, 2.24) is 9.88 Å². The van der Waals surface area contributed by atoms with E-state index in [0.717, 1.165) is 0 Å². The van der Waals surface area contributed by atoms with Crippen LogP contribution in [0.4, 0.5) is 16.5 Å². The Morgan fingerprint density at radius 1 is 1.21 bits per heavy atom. The number of aromatic nitrogens is 1. The van der Waals surface area contributed by atoms with E-state index in [0.29, 0.717) is 16.4 Å². The third-order valence-corrected chi connectivity index (χ3v) is 9.01. The highest BCUT2D eigenvalue weighted by Gasteiger charge is 2.64. The molecule has 0 radical (unpaired) electrons. The summed E-state index contributed by atoms with van der Waals surface area (Å²) in [6.45, 7) is 0.114. The van der Waals surface area contributed by atoms with Gasteiger partial charge < -0.3 is 42.1 Å². The maximum absolute atomic E-state index is 14.1. The molecule has 0 aliphatic heterocycles. The van der Waals surface area contributed by atoms with Crippen LogP contribution in [-0.2, 0) is 20.8 Å². The number of nitrogens with one attached hydrogen (secondary N) is 1. The minimum absolute atomic E-state index is 0.00529. The van der Waals surface area contributed by atoms with Crippen LogP contribution in [0.1, 0.15) is 17.5 Å². The smallest absolute Gasteiger partial charge is 0.255 e. The summed E-state index contributed by atoms with van der Waals surface area (Å²) >= 11 is 1.37. The molecule has 1 fully saturated rings. The molecule has 5 rings (SSSR count). The van der Waals surface area contributed by atoms with Crippen molar-refractivity contribution in [2.24, 2.45) is 28.3 Å². The van der Waals surface area contributed by atoms with Gasteiger partial charge in [-0.1, -0.05) is 0 Å². The summed E-state index contributed by atoms with van der Waals surface area (Å²) < 4.78 is 0. The third kappa shape index (κ3) is 4.60. The number of Topliss-reactive ketones (excluding diaryl/α,β-unsaturated/α-hetero) is 2. The van der Waals surface area contributed by atoms with Gasteiger partial charge in [0.15, 0.2) is 22.3 Å². The molecule has 9 N–H and O–H groups in total. The fourth-order valence-corrected chi connectivity index (χ4v) is 6.96. The molecule has 43 heavy (non-hydrogen) atoms. The minimum Gasteiger partial charge on any atom is -0.508 e. The van der Waals surface area contributed by atoms with Crippen LogP contribution in [0.25, 0.3) is 5.76 Å². The van der Waals surface area contributed by atoms with Gasteiger partial charge in [-0.2, -0.15) is 0 Å². The predicted molar refractivity (Wildman–Crippen MR) is 160 cm³/mol. The van der Waals surface area contributed by atoms with E-state index in [-0.39, 0.29) is 42.0 Å². The van der Waals surface area contributed by atoms with Gasteiger partial charge >= 0.3 is 0 Å². The van der Waals surface area contributed by atoms with Crippen molar-refractivity contribution in [3.8, 4) is 5.75 Å². The van der Waals surface area contributed by atoms with Gasteiger partial charge in [-0.15, -0.1) is 11.3 Å². The number of aliphatic imine (C=N–C) groups is 1. The molecule has 1 amide bonds. The molecule has 0 bridgehead atoms. The van der Waals surface area contributed by atoms with E-state index in [1.54, 1.807) is 50.7 Å². The van der Waals surface area contributed by atoms with Crippen LogP contribution in [0.3, 0.4) is 0 Å². The van der Waals surface area contributed by atoms with Crippen LogP contribution in [-0.4, -0.2) is 100.0 Å². The number of phenols is 1. The number of thiazole rings is 1. The molecule has 14 nitrogen and oxygen atoms in total. The van der Waals surface area contributed by atoms with Gasteiger partial charge in [-0.05, 0) is 44.5 Å². The van der Waals surface area contributed by atoms with E-state index in [9.17, 15) is 34.8 Å². The van der Waals surface area contributed by atoms with Gasteiger partial charge in [0.05, 0.1) is 18.2 Å². The third-order valence-electron chi connectivity index (χ3n) is 8.28. The predicted octanol–water partition coefficient (Wildman–Crippen LogP) is 0.587. The van der Waals surface area contributed by atoms with Crippen molar-refractivity contribution >= 4 is 56.9 Å². The molecule has 3 aliphatic carbocycles. The molecule has 1 aromatic heterocycles. The Kier molecular flexibility index (Phi) is 7.44. The molecular formula is C28H33N7O7S. The monoisotopic (exact) mass is 611 g/mol. The van der Waals surface area contributed by atoms with Gasteiger partial charge in [-0.25, -0.2) is 9.98 Å². The molecule has 2 aromatic rings. The number of carbonyl (C=O) groups is 3. The largest absolute Gasteiger partial charge is 0.508 e. The molecule has 2 unspecified atom stereocenters. The van der Waals surface area contributed by atoms with Crippen LogP contribution in [0.15, 0.2) is 39.5 Å². The lowest BCUT2D eigenvalue weighted by molar-refractivity contribution is -0.153. The number of carbonyl (C=O) groups excluding carboxylic acids is 3. The lowest BCUT2D eigenvalue weighted by Gasteiger charge is -2.50. The normalized spacial score (nSPS) is 25.4. The molecule has 0 spiro atoms. The van der Waals surface area contributed by atoms with Gasteiger partial charge in [0.2, 0.25) is 5.78 Å². The molecule has 1 heterocycles. The van der Waals surface area contributed by atoms with E-state index in [2.05, 4.69) is 15.3 Å². The van der Waals surface area contributed by atoms with E-state index < -0.39 is 63.8 Å². The molecule has 15 heteroatoms. The summed E-state index contributed by atoms with van der Waals surface area (Å²) in [6.07, 6.45) is 1.78. The van der Waals surface area contributed by atoms with Crippen LogP contribution in [0, 0.1) is 11.8 Å². The Hall–Kier alpha value is -4.47. The van der Waals surface area contributed by atoms with Crippen molar-refractivity contribution < 1.29 is 34.8 Å². The number of aliphatic hydroxyl groups excluding tert-OH is 2. The van der Waals surface area contributed by atoms with Crippen LogP contribution in [0.5, 0.6) is 5.75 Å². The van der Waals surface area contributed by atoms with E-state index in [4.69, 9.17) is 11.5 Å². The Morgan fingerprint density at radius 2 is 1.91 bits per heavy atom. The number of nitrogens with two attached hydrogens (primary N) is 2. The molecule has 4 atom stereocenters. The number of likely N-dealkylation sites (N-methyl/N-ethyl adjacent to an activating group) is 1. The summed E-state index contributed by atoms with van der Waals surface area (Å²) in [5.41, 5.74) is 8.76. The number of ketones is 2. The molecule has 1 saturated carbocycles. The lowest BCUT2D eigenvalue weighted by Crippen LogP contribution is -2.65. The van der Waals surface area contributed by atoms with Gasteiger partial charge in [0.25, 0.3) is 5.91 Å². The number of nitrogens with zero attached hydrogens (tertiary/aromatic N) is 4. The summed E-state index contributed by atoms with van der Waals surface area (Å²) in [5.74, 6) is -7.10. The van der Waals surface area contributed by atoms with Crippen LogP contribution >= 0.6 is 11.3 Å². The Morgan fingerprint density at radius 3 is 2.49 bits per heavy atom. The first-order valence-electron chi connectivity index (χ1n) is 13.4. The van der Waals surface area contributed by atoms with E-state index in [1.807, 2.05) is 0 Å². The number of hydrogen-bond acceptors (Lipinski definition) is 13. The number of aliphatic hydroxyl groups is 3.